The van der Waals surface area contributed by atoms with E-state index in [0.717, 1.165) is 21.5 Å². The van der Waals surface area contributed by atoms with Gasteiger partial charge in [0.1, 0.15) is 4.21 Å². The fourth-order valence-electron chi connectivity index (χ4n) is 3.92. The van der Waals surface area contributed by atoms with Gasteiger partial charge in [0.05, 0.1) is 27.5 Å². The molecule has 5 rings (SSSR count). The van der Waals surface area contributed by atoms with Crippen molar-refractivity contribution in [3.63, 3.8) is 0 Å². The summed E-state index contributed by atoms with van der Waals surface area (Å²) in [6.07, 6.45) is 0. The summed E-state index contributed by atoms with van der Waals surface area (Å²) in [5.41, 5.74) is 1.84. The van der Waals surface area contributed by atoms with Gasteiger partial charge in [-0.05, 0) is 60.2 Å². The van der Waals surface area contributed by atoms with Gasteiger partial charge in [-0.1, -0.05) is 35.9 Å². The first kappa shape index (κ1) is 27.7. The quantitative estimate of drug-likeness (QED) is 0.190. The zero-order chi connectivity index (χ0) is 29.1. The van der Waals surface area contributed by atoms with Crippen molar-refractivity contribution < 1.29 is 13.2 Å². The van der Waals surface area contributed by atoms with Crippen molar-refractivity contribution in [1.29, 1.82) is 0 Å². The van der Waals surface area contributed by atoms with Gasteiger partial charge >= 0.3 is 11.7 Å². The lowest BCUT2D eigenvalue weighted by Gasteiger charge is -2.11. The number of urea groups is 1. The summed E-state index contributed by atoms with van der Waals surface area (Å²) in [5, 5.41) is 5.92. The first-order valence-electron chi connectivity index (χ1n) is 11.8. The predicted molar refractivity (Wildman–Crippen MR) is 159 cm³/mol. The van der Waals surface area contributed by atoms with E-state index in [0.29, 0.717) is 23.4 Å². The van der Waals surface area contributed by atoms with E-state index < -0.39 is 27.3 Å². The Hall–Kier alpha value is -4.90. The van der Waals surface area contributed by atoms with Crippen molar-refractivity contribution in [1.82, 2.24) is 14.3 Å². The molecular weight excluding hydrogens is 588 g/mol. The fraction of sp³-hybridized carbons (Fsp3) is 0.0370. The van der Waals surface area contributed by atoms with Crippen LogP contribution >= 0.6 is 22.9 Å². The van der Waals surface area contributed by atoms with E-state index in [1.54, 1.807) is 30.3 Å². The van der Waals surface area contributed by atoms with Crippen LogP contribution in [0.2, 0.25) is 4.34 Å². The fourth-order valence-corrected chi connectivity index (χ4v) is 6.31. The van der Waals surface area contributed by atoms with Gasteiger partial charge in [0.2, 0.25) is 0 Å². The average molecular weight is 607 g/mol. The third-order valence-electron chi connectivity index (χ3n) is 5.88. The number of aromatic nitrogens is 2. The van der Waals surface area contributed by atoms with E-state index in [9.17, 15) is 22.8 Å². The van der Waals surface area contributed by atoms with Crippen molar-refractivity contribution in [3.05, 3.63) is 121 Å². The molecule has 0 saturated carbocycles. The molecule has 5 aromatic rings. The topological polar surface area (TPSA) is 147 Å². The number of hydrogen-bond donors (Lipinski definition) is 4. The Bertz CT molecular complexity index is 2040. The number of benzene rings is 3. The maximum atomic E-state index is 13.2. The van der Waals surface area contributed by atoms with Crippen LogP contribution in [0, 0.1) is 6.57 Å². The van der Waals surface area contributed by atoms with Crippen molar-refractivity contribution in [2.75, 3.05) is 10.6 Å². The minimum atomic E-state index is -4.10. The molecule has 41 heavy (non-hydrogen) atoms. The Morgan fingerprint density at radius 2 is 1.68 bits per heavy atom. The smallest absolute Gasteiger partial charge is 0.333 e. The molecule has 2 heterocycles. The summed E-state index contributed by atoms with van der Waals surface area (Å²) < 4.78 is 27.6. The van der Waals surface area contributed by atoms with Gasteiger partial charge in [-0.3, -0.25) is 4.79 Å². The molecule has 4 N–H and O–H groups in total. The van der Waals surface area contributed by atoms with E-state index in [-0.39, 0.29) is 25.3 Å². The van der Waals surface area contributed by atoms with Gasteiger partial charge in [-0.15, -0.1) is 11.3 Å². The monoisotopic (exact) mass is 606 g/mol. The summed E-state index contributed by atoms with van der Waals surface area (Å²) in [4.78, 5) is 44.4. The number of amides is 2. The molecule has 0 saturated heterocycles. The highest BCUT2D eigenvalue weighted by molar-refractivity contribution is 7.92. The van der Waals surface area contributed by atoms with E-state index in [1.807, 2.05) is 16.9 Å². The van der Waals surface area contributed by atoms with Gasteiger partial charge in [0.15, 0.2) is 5.69 Å². The van der Waals surface area contributed by atoms with Crippen molar-refractivity contribution in [3.8, 4) is 5.69 Å². The van der Waals surface area contributed by atoms with Gasteiger partial charge in [-0.25, -0.2) is 32.1 Å². The second-order valence-electron chi connectivity index (χ2n) is 8.63. The number of nitrogens with zero attached hydrogens (tertiary/aromatic N) is 2. The zero-order valence-electron chi connectivity index (χ0n) is 20.8. The number of carbonyl (C=O) groups is 1. The molecule has 0 atom stereocenters. The van der Waals surface area contributed by atoms with Gasteiger partial charge < -0.3 is 15.6 Å². The minimum Gasteiger partial charge on any atom is -0.381 e. The van der Waals surface area contributed by atoms with Crippen LogP contribution in [-0.4, -0.2) is 24.0 Å². The molecule has 3 aromatic carbocycles. The Kier molecular flexibility index (Phi) is 7.62. The Balaban J connectivity index is 1.31. The summed E-state index contributed by atoms with van der Waals surface area (Å²) in [6.45, 7) is 7.52. The number of nitrogens with one attached hydrogen (secondary N) is 4. The zero-order valence-corrected chi connectivity index (χ0v) is 23.2. The SMILES string of the molecule is [C-]#[N+]c1ccc(CNc2ccc3c(=O)n(-c4ccc(NC(=O)NS(=O)(=O)c5ccc(Cl)s5)cc4)c(=O)[nH]c3c2)cc1. The molecule has 0 spiro atoms. The molecule has 206 valence electrons. The highest BCUT2D eigenvalue weighted by Gasteiger charge is 2.20. The lowest BCUT2D eigenvalue weighted by Crippen LogP contribution is -2.34. The summed E-state index contributed by atoms with van der Waals surface area (Å²) in [7, 11) is -4.10. The number of hydrogen-bond acceptors (Lipinski definition) is 7. The van der Waals surface area contributed by atoms with Crippen LogP contribution in [0.4, 0.5) is 21.9 Å². The number of fused-ring (bicyclic) bond motifs is 1. The molecule has 0 unspecified atom stereocenters. The second-order valence-corrected chi connectivity index (χ2v) is 12.3. The average Bonchev–Trinajstić information content (AvgIpc) is 3.40. The highest BCUT2D eigenvalue weighted by atomic mass is 35.5. The molecular formula is C27H19ClN6O5S2. The number of halogens is 1. The molecule has 0 aliphatic heterocycles. The number of carbonyl (C=O) groups excluding carboxylic acids is 1. The van der Waals surface area contributed by atoms with E-state index in [1.165, 1.54) is 36.4 Å². The number of H-pyrrole nitrogens is 1. The number of thiophene rings is 1. The largest absolute Gasteiger partial charge is 0.381 e. The molecule has 0 fully saturated rings. The predicted octanol–water partition coefficient (Wildman–Crippen LogP) is 5.07. The molecule has 2 aromatic heterocycles. The number of rotatable bonds is 7. The summed E-state index contributed by atoms with van der Waals surface area (Å²) >= 11 is 6.58. The van der Waals surface area contributed by atoms with Crippen molar-refractivity contribution in [2.45, 2.75) is 10.8 Å². The number of anilines is 2. The molecule has 14 heteroatoms. The maximum Gasteiger partial charge on any atom is 0.333 e. The van der Waals surface area contributed by atoms with Gasteiger partial charge in [0, 0.05) is 17.9 Å². The van der Waals surface area contributed by atoms with Crippen molar-refractivity contribution in [2.24, 2.45) is 0 Å². The van der Waals surface area contributed by atoms with Gasteiger partial charge in [-0.2, -0.15) is 0 Å². The molecule has 0 aliphatic carbocycles. The lowest BCUT2D eigenvalue weighted by atomic mass is 10.2. The molecule has 0 radical (unpaired) electrons. The highest BCUT2D eigenvalue weighted by Crippen LogP contribution is 2.25. The molecule has 11 nitrogen and oxygen atoms in total. The van der Waals surface area contributed by atoms with Crippen LogP contribution < -0.4 is 26.6 Å². The third-order valence-corrected chi connectivity index (χ3v) is 8.94. The maximum absolute atomic E-state index is 13.2. The third kappa shape index (κ3) is 6.15. The molecule has 0 aliphatic rings. The Morgan fingerprint density at radius 1 is 0.976 bits per heavy atom. The number of aromatic amines is 1. The second kappa shape index (κ2) is 11.3. The van der Waals surface area contributed by atoms with Crippen LogP contribution in [0.3, 0.4) is 0 Å². The summed E-state index contributed by atoms with van der Waals surface area (Å²) in [6, 6.07) is 19.6. The first-order valence-corrected chi connectivity index (χ1v) is 14.5. The first-order chi connectivity index (χ1) is 19.6. The van der Waals surface area contributed by atoms with E-state index in [4.69, 9.17) is 18.2 Å². The lowest BCUT2D eigenvalue weighted by molar-refractivity contribution is 0.256. The van der Waals surface area contributed by atoms with Crippen LogP contribution in [0.1, 0.15) is 5.56 Å². The van der Waals surface area contributed by atoms with Crippen molar-refractivity contribution >= 4 is 67.0 Å². The van der Waals surface area contributed by atoms with E-state index in [2.05, 4.69) is 20.5 Å². The minimum absolute atomic E-state index is 0.113. The summed E-state index contributed by atoms with van der Waals surface area (Å²) in [5.74, 6) is 0. The van der Waals surface area contributed by atoms with E-state index >= 15 is 0 Å². The van der Waals surface area contributed by atoms with Crippen LogP contribution in [0.15, 0.2) is 92.7 Å². The van der Waals surface area contributed by atoms with Crippen LogP contribution in [0.5, 0.6) is 0 Å². The Morgan fingerprint density at radius 3 is 2.34 bits per heavy atom. The number of sulfonamides is 1. The molecule has 2 amide bonds. The van der Waals surface area contributed by atoms with Crippen LogP contribution in [-0.2, 0) is 16.6 Å². The van der Waals surface area contributed by atoms with Crippen LogP contribution in [0.25, 0.3) is 21.4 Å². The Labute approximate surface area is 241 Å². The molecule has 0 bridgehead atoms. The normalized spacial score (nSPS) is 11.1. The van der Waals surface area contributed by atoms with Gasteiger partial charge in [0.25, 0.3) is 15.6 Å². The standard InChI is InChI=1S/C27H19ClN6O5S2/c1-29-17-4-2-16(3-5-17)15-30-19-8-11-21-22(14-19)32-27(37)34(25(21)35)20-9-6-18(7-10-20)31-26(36)33-41(38,39)24-13-12-23(28)40-24/h2-14,30H,15H2,(H,32,37)(H2,31,33,36).